The van der Waals surface area contributed by atoms with Crippen LogP contribution in [0.2, 0.25) is 0 Å². The van der Waals surface area contributed by atoms with E-state index in [1.165, 1.54) is 104 Å². The first kappa shape index (κ1) is 32.1. The molecule has 0 aliphatic heterocycles. The number of rotatable bonds is 4. The molecule has 0 spiro atoms. The number of hydrogen-bond donors (Lipinski definition) is 0. The van der Waals surface area contributed by atoms with Crippen molar-refractivity contribution in [2.45, 2.75) is 12.3 Å². The fourth-order valence-corrected chi connectivity index (χ4v) is 9.87. The molecule has 1 atom stereocenters. The highest BCUT2D eigenvalue weighted by atomic mass is 15.0. The maximum Gasteiger partial charge on any atom is 0.0553 e. The zero-order chi connectivity index (χ0) is 37.5. The van der Waals surface area contributed by atoms with Crippen LogP contribution in [0.15, 0.2) is 206 Å². The highest BCUT2D eigenvalue weighted by Gasteiger charge is 2.27. The van der Waals surface area contributed by atoms with Gasteiger partial charge in [-0.1, -0.05) is 170 Å². The molecule has 0 saturated heterocycles. The molecule has 1 heteroatoms. The average Bonchev–Trinajstić information content (AvgIpc) is 3.63. The van der Waals surface area contributed by atoms with Crippen LogP contribution in [0.4, 0.5) is 0 Å². The summed E-state index contributed by atoms with van der Waals surface area (Å²) in [4.78, 5) is 0. The summed E-state index contributed by atoms with van der Waals surface area (Å²) in [6, 6.07) is 76.7. The molecule has 1 aromatic heterocycles. The Kier molecular flexibility index (Phi) is 7.12. The van der Waals surface area contributed by atoms with Crippen LogP contribution < -0.4 is 0 Å². The van der Waals surface area contributed by atoms with Crippen molar-refractivity contribution in [3.05, 3.63) is 223 Å². The van der Waals surface area contributed by atoms with Gasteiger partial charge >= 0.3 is 0 Å². The molecule has 1 nitrogen and oxygen atoms in total. The third kappa shape index (κ3) is 5.02. The Morgan fingerprint density at radius 2 is 1.00 bits per heavy atom. The first-order chi connectivity index (χ1) is 28.3. The number of fused-ring (bicyclic) bond motifs is 11. The molecule has 57 heavy (non-hydrogen) atoms. The van der Waals surface area contributed by atoms with Gasteiger partial charge in [-0.2, -0.15) is 0 Å². The van der Waals surface area contributed by atoms with Crippen molar-refractivity contribution in [3.63, 3.8) is 0 Å². The van der Waals surface area contributed by atoms with Gasteiger partial charge in [-0.25, -0.2) is 0 Å². The van der Waals surface area contributed by atoms with Crippen molar-refractivity contribution in [2.24, 2.45) is 0 Å². The predicted molar refractivity (Wildman–Crippen MR) is 242 cm³/mol. The molecule has 266 valence electrons. The Balaban J connectivity index is 1.04. The Morgan fingerprint density at radius 3 is 1.79 bits per heavy atom. The first-order valence-electron chi connectivity index (χ1n) is 20.0. The van der Waals surface area contributed by atoms with Crippen LogP contribution in [0.25, 0.3) is 93.2 Å². The van der Waals surface area contributed by atoms with Gasteiger partial charge in [0.25, 0.3) is 0 Å². The Bertz CT molecular complexity index is 3350. The average molecular weight is 724 g/mol. The summed E-state index contributed by atoms with van der Waals surface area (Å²) >= 11 is 0. The van der Waals surface area contributed by atoms with Crippen LogP contribution in [-0.4, -0.2) is 4.57 Å². The van der Waals surface area contributed by atoms with E-state index in [2.05, 4.69) is 211 Å². The van der Waals surface area contributed by atoms with Gasteiger partial charge in [-0.15, -0.1) is 0 Å². The van der Waals surface area contributed by atoms with Crippen LogP contribution >= 0.6 is 0 Å². The molecular formula is C56H37N. The summed E-state index contributed by atoms with van der Waals surface area (Å²) in [6.07, 6.45) is 0.988. The van der Waals surface area contributed by atoms with Crippen LogP contribution in [0.1, 0.15) is 22.6 Å². The SMILES string of the molecule is c1ccc(-c2cc3c(c4ccccc24)c2c4ccccc4ccc2n3-c2ccc(-c3ccc4c(c3)C(c3ccccc3)Cc3cc5ccccc5cc3-4)cc2)cc1. The molecule has 0 radical (unpaired) electrons. The van der Waals surface area contributed by atoms with E-state index in [1.807, 2.05) is 0 Å². The summed E-state index contributed by atoms with van der Waals surface area (Å²) < 4.78 is 2.49. The van der Waals surface area contributed by atoms with Gasteiger partial charge in [0.15, 0.2) is 0 Å². The van der Waals surface area contributed by atoms with Crippen molar-refractivity contribution in [3.8, 4) is 39.1 Å². The highest BCUT2D eigenvalue weighted by molar-refractivity contribution is 6.30. The fraction of sp³-hybridized carbons (Fsp3) is 0.0357. The van der Waals surface area contributed by atoms with E-state index in [1.54, 1.807) is 0 Å². The van der Waals surface area contributed by atoms with Crippen molar-refractivity contribution < 1.29 is 0 Å². The molecular weight excluding hydrogens is 687 g/mol. The topological polar surface area (TPSA) is 4.93 Å². The monoisotopic (exact) mass is 723 g/mol. The molecule has 0 bridgehead atoms. The highest BCUT2D eigenvalue weighted by Crippen LogP contribution is 2.47. The van der Waals surface area contributed by atoms with Gasteiger partial charge in [0.2, 0.25) is 0 Å². The Hall–Kier alpha value is -7.22. The van der Waals surface area contributed by atoms with E-state index in [4.69, 9.17) is 0 Å². The zero-order valence-corrected chi connectivity index (χ0v) is 31.4. The smallest absolute Gasteiger partial charge is 0.0553 e. The zero-order valence-electron chi connectivity index (χ0n) is 31.4. The number of nitrogens with zero attached hydrogens (tertiary/aromatic N) is 1. The summed E-state index contributed by atoms with van der Waals surface area (Å²) in [5.74, 6) is 0.287. The molecule has 0 fully saturated rings. The van der Waals surface area contributed by atoms with Crippen molar-refractivity contribution in [1.29, 1.82) is 0 Å². The van der Waals surface area contributed by atoms with E-state index in [0.717, 1.165) is 12.1 Å². The molecule has 0 N–H and O–H groups in total. The Labute approximate surface area is 331 Å². The molecule has 0 amide bonds. The molecule has 1 aliphatic carbocycles. The molecule has 11 aromatic rings. The van der Waals surface area contributed by atoms with E-state index < -0.39 is 0 Å². The normalized spacial score (nSPS) is 13.7. The van der Waals surface area contributed by atoms with E-state index >= 15 is 0 Å². The van der Waals surface area contributed by atoms with E-state index in [-0.39, 0.29) is 5.92 Å². The second-order valence-electron chi connectivity index (χ2n) is 15.6. The van der Waals surface area contributed by atoms with Gasteiger partial charge in [-0.3, -0.25) is 0 Å². The largest absolute Gasteiger partial charge is 0.309 e. The summed E-state index contributed by atoms with van der Waals surface area (Å²) in [5.41, 5.74) is 15.4. The summed E-state index contributed by atoms with van der Waals surface area (Å²) in [5, 5.41) is 10.3. The first-order valence-corrected chi connectivity index (χ1v) is 20.0. The number of aromatic nitrogens is 1. The lowest BCUT2D eigenvalue weighted by molar-refractivity contribution is 0.795. The Morgan fingerprint density at radius 1 is 0.368 bits per heavy atom. The van der Waals surface area contributed by atoms with Crippen LogP contribution in [0.5, 0.6) is 0 Å². The molecule has 10 aromatic carbocycles. The second-order valence-corrected chi connectivity index (χ2v) is 15.6. The van der Waals surface area contributed by atoms with Gasteiger partial charge in [0.1, 0.15) is 0 Å². The predicted octanol–water partition coefficient (Wildman–Crippen LogP) is 14.9. The van der Waals surface area contributed by atoms with Crippen molar-refractivity contribution in [2.75, 3.05) is 0 Å². The van der Waals surface area contributed by atoms with Crippen molar-refractivity contribution in [1.82, 2.24) is 4.57 Å². The van der Waals surface area contributed by atoms with Gasteiger partial charge < -0.3 is 4.57 Å². The minimum absolute atomic E-state index is 0.287. The third-order valence-corrected chi connectivity index (χ3v) is 12.5. The third-order valence-electron chi connectivity index (χ3n) is 12.5. The second kappa shape index (κ2) is 12.7. The van der Waals surface area contributed by atoms with Crippen LogP contribution in [0, 0.1) is 0 Å². The molecule has 1 unspecified atom stereocenters. The maximum absolute atomic E-state index is 2.49. The van der Waals surface area contributed by atoms with E-state index in [0.29, 0.717) is 0 Å². The minimum Gasteiger partial charge on any atom is -0.309 e. The number of hydrogen-bond acceptors (Lipinski definition) is 0. The quantitative estimate of drug-likeness (QED) is 0.170. The summed E-state index contributed by atoms with van der Waals surface area (Å²) in [7, 11) is 0. The van der Waals surface area contributed by atoms with Gasteiger partial charge in [-0.05, 0) is 125 Å². The van der Waals surface area contributed by atoms with Gasteiger partial charge in [0.05, 0.1) is 11.0 Å². The standard InChI is InChI=1S/C56H37N/c1-3-13-37(14-4-1)49-34-43-31-40-18-7-8-19-41(40)32-50(43)47-29-25-42(33-52(47)49)36-23-27-44(28-24-36)57-53-30-26-39-17-9-10-20-45(39)55(53)56-48-22-12-11-21-46(48)51(35-54(56)57)38-15-5-2-6-16-38/h1-33,35,49H,34H2. The van der Waals surface area contributed by atoms with Crippen LogP contribution in [0.3, 0.4) is 0 Å². The fourth-order valence-electron chi connectivity index (χ4n) is 9.87. The lowest BCUT2D eigenvalue weighted by Crippen LogP contribution is -2.13. The lowest BCUT2D eigenvalue weighted by atomic mass is 9.74. The van der Waals surface area contributed by atoms with Gasteiger partial charge in [0, 0.05) is 22.4 Å². The molecule has 1 heterocycles. The van der Waals surface area contributed by atoms with Crippen molar-refractivity contribution >= 4 is 54.1 Å². The van der Waals surface area contributed by atoms with Crippen LogP contribution in [-0.2, 0) is 6.42 Å². The minimum atomic E-state index is 0.287. The maximum atomic E-state index is 2.49. The summed E-state index contributed by atoms with van der Waals surface area (Å²) in [6.45, 7) is 0. The molecule has 12 rings (SSSR count). The number of benzene rings is 10. The lowest BCUT2D eigenvalue weighted by Gasteiger charge is -2.29. The van der Waals surface area contributed by atoms with E-state index in [9.17, 15) is 0 Å². The molecule has 0 saturated carbocycles. The molecule has 1 aliphatic rings.